The van der Waals surface area contributed by atoms with Crippen LogP contribution in [-0.2, 0) is 9.53 Å². The van der Waals surface area contributed by atoms with E-state index in [-0.39, 0.29) is 25.2 Å². The van der Waals surface area contributed by atoms with Crippen LogP contribution in [0.3, 0.4) is 0 Å². The summed E-state index contributed by atoms with van der Waals surface area (Å²) in [6, 6.07) is 7.41. The summed E-state index contributed by atoms with van der Waals surface area (Å²) >= 11 is 0. The minimum atomic E-state index is -1.02. The van der Waals surface area contributed by atoms with Gasteiger partial charge in [-0.2, -0.15) is 0 Å². The molecule has 3 N–H and O–H groups in total. The minimum Gasteiger partial charge on any atom is -0.494 e. The van der Waals surface area contributed by atoms with Gasteiger partial charge in [-0.05, 0) is 38.1 Å². The van der Waals surface area contributed by atoms with Crippen molar-refractivity contribution in [3.63, 3.8) is 0 Å². The van der Waals surface area contributed by atoms with Crippen molar-refractivity contribution >= 4 is 11.8 Å². The first-order valence-electron chi connectivity index (χ1n) is 8.74. The number of aliphatic imine (C=N–C) groups is 1. The molecule has 0 aromatic heterocycles. The molecule has 7 heteroatoms. The van der Waals surface area contributed by atoms with E-state index in [0.717, 1.165) is 5.56 Å². The van der Waals surface area contributed by atoms with Gasteiger partial charge in [0.2, 0.25) is 5.90 Å². The summed E-state index contributed by atoms with van der Waals surface area (Å²) < 4.78 is 11.2. The lowest BCUT2D eigenvalue weighted by Gasteiger charge is -2.22. The molecule has 142 valence electrons. The average Bonchev–Trinajstić information content (AvgIpc) is 3.06. The van der Waals surface area contributed by atoms with E-state index in [4.69, 9.17) is 14.6 Å². The van der Waals surface area contributed by atoms with Crippen LogP contribution >= 0.6 is 0 Å². The molecule has 0 bridgehead atoms. The number of hydrazine groups is 1. The van der Waals surface area contributed by atoms with Crippen LogP contribution in [-0.4, -0.2) is 48.3 Å². The number of aliphatic hydroxyl groups is 1. The van der Waals surface area contributed by atoms with Crippen molar-refractivity contribution in [2.45, 2.75) is 38.3 Å². The number of ether oxygens (including phenoxy) is 2. The van der Waals surface area contributed by atoms with Crippen molar-refractivity contribution in [1.29, 1.82) is 0 Å². The number of carbonyl (C=O) groups is 1. The van der Waals surface area contributed by atoms with Gasteiger partial charge in [0, 0.05) is 31.1 Å². The second kappa shape index (κ2) is 9.35. The Morgan fingerprint density at radius 1 is 1.46 bits per heavy atom. The Balaban J connectivity index is 2.11. The monoisotopic (exact) mass is 361 g/mol. The first-order valence-corrected chi connectivity index (χ1v) is 8.74. The van der Waals surface area contributed by atoms with Crippen LogP contribution in [0.4, 0.5) is 0 Å². The number of hydrogen-bond acceptors (Lipinski definition) is 6. The number of hydrogen-bond donors (Lipinski definition) is 3. The van der Waals surface area contributed by atoms with E-state index in [0.29, 0.717) is 31.1 Å². The summed E-state index contributed by atoms with van der Waals surface area (Å²) in [5.74, 6) is 0.885. The number of nitrogens with one attached hydrogen (secondary N) is 2. The minimum absolute atomic E-state index is 0.0991. The molecule has 1 atom stereocenters. The number of benzene rings is 1. The van der Waals surface area contributed by atoms with Crippen molar-refractivity contribution in [3.8, 4) is 5.75 Å². The van der Waals surface area contributed by atoms with E-state index in [2.05, 4.69) is 22.4 Å². The lowest BCUT2D eigenvalue weighted by Crippen LogP contribution is -2.53. The number of rotatable bonds is 10. The van der Waals surface area contributed by atoms with Crippen LogP contribution in [0.2, 0.25) is 0 Å². The molecule has 0 fully saturated rings. The van der Waals surface area contributed by atoms with Crippen molar-refractivity contribution in [2.75, 3.05) is 19.8 Å². The topological polar surface area (TPSA) is 92.2 Å². The van der Waals surface area contributed by atoms with Crippen molar-refractivity contribution in [3.05, 3.63) is 42.5 Å². The van der Waals surface area contributed by atoms with Gasteiger partial charge in [-0.3, -0.25) is 10.2 Å². The molecule has 1 aromatic rings. The van der Waals surface area contributed by atoms with Crippen LogP contribution in [0.25, 0.3) is 0 Å². The van der Waals surface area contributed by atoms with E-state index in [1.165, 1.54) is 0 Å². The number of carbonyl (C=O) groups excluding carboxylic acids is 1. The Morgan fingerprint density at radius 2 is 2.19 bits per heavy atom. The zero-order chi connectivity index (χ0) is 19.0. The molecule has 0 unspecified atom stereocenters. The van der Waals surface area contributed by atoms with E-state index in [9.17, 15) is 4.79 Å². The van der Waals surface area contributed by atoms with Gasteiger partial charge in [0.25, 0.3) is 5.91 Å². The summed E-state index contributed by atoms with van der Waals surface area (Å²) in [5.41, 5.74) is 5.35. The Labute approximate surface area is 154 Å². The van der Waals surface area contributed by atoms with E-state index < -0.39 is 5.54 Å². The molecule has 2 rings (SSSR count). The molecule has 0 saturated carbocycles. The van der Waals surface area contributed by atoms with Gasteiger partial charge < -0.3 is 14.6 Å². The predicted molar refractivity (Wildman–Crippen MR) is 100 cm³/mol. The largest absolute Gasteiger partial charge is 0.494 e. The lowest BCUT2D eigenvalue weighted by atomic mass is 9.97. The van der Waals surface area contributed by atoms with Gasteiger partial charge in [-0.15, -0.1) is 6.58 Å². The van der Waals surface area contributed by atoms with Crippen LogP contribution in [0.15, 0.2) is 41.9 Å². The highest BCUT2D eigenvalue weighted by Gasteiger charge is 2.43. The second-order valence-corrected chi connectivity index (χ2v) is 6.43. The molecular weight excluding hydrogens is 334 g/mol. The summed E-state index contributed by atoms with van der Waals surface area (Å²) in [6.45, 7) is 8.32. The zero-order valence-electron chi connectivity index (χ0n) is 15.3. The maximum atomic E-state index is 12.6. The SMILES string of the molecule is C=CC[C@@]1(C(=O)NNC(C)C)COC(c2ccc(OCCCO)cc2)=N1. The fourth-order valence-corrected chi connectivity index (χ4v) is 2.42. The van der Waals surface area contributed by atoms with Crippen LogP contribution in [0.5, 0.6) is 5.75 Å². The number of aliphatic hydroxyl groups excluding tert-OH is 1. The molecule has 1 aliphatic rings. The van der Waals surface area contributed by atoms with Crippen molar-refractivity contribution < 1.29 is 19.4 Å². The Kier molecular flexibility index (Phi) is 7.17. The zero-order valence-corrected chi connectivity index (χ0v) is 15.3. The quantitative estimate of drug-likeness (QED) is 0.334. The standard InChI is InChI=1S/C19H27N3O4/c1-4-10-19(18(24)22-21-14(2)3)13-26-17(20-19)15-6-8-16(9-7-15)25-12-5-11-23/h4,6-9,14,21,23H,1,5,10-13H2,2-3H3,(H,22,24)/t19-/m0/s1. The molecule has 7 nitrogen and oxygen atoms in total. The smallest absolute Gasteiger partial charge is 0.266 e. The lowest BCUT2D eigenvalue weighted by molar-refractivity contribution is -0.127. The summed E-state index contributed by atoms with van der Waals surface area (Å²) in [5, 5.41) is 8.78. The van der Waals surface area contributed by atoms with Crippen molar-refractivity contribution in [2.24, 2.45) is 4.99 Å². The third kappa shape index (κ3) is 5.06. The molecule has 0 spiro atoms. The van der Waals surface area contributed by atoms with Crippen molar-refractivity contribution in [1.82, 2.24) is 10.9 Å². The highest BCUT2D eigenvalue weighted by Crippen LogP contribution is 2.27. The normalized spacial score (nSPS) is 19.0. The second-order valence-electron chi connectivity index (χ2n) is 6.43. The molecule has 0 saturated heterocycles. The van der Waals surface area contributed by atoms with E-state index >= 15 is 0 Å². The molecule has 1 heterocycles. The predicted octanol–water partition coefficient (Wildman–Crippen LogP) is 1.57. The Bertz CT molecular complexity index is 643. The van der Waals surface area contributed by atoms with Gasteiger partial charge in [0.1, 0.15) is 12.4 Å². The van der Waals surface area contributed by atoms with Gasteiger partial charge in [-0.25, -0.2) is 10.4 Å². The van der Waals surface area contributed by atoms with Crippen LogP contribution in [0.1, 0.15) is 32.3 Å². The molecule has 1 amide bonds. The van der Waals surface area contributed by atoms with Crippen LogP contribution < -0.4 is 15.6 Å². The first kappa shape index (κ1) is 19.9. The molecular formula is C19H27N3O4. The fraction of sp³-hybridized carbons (Fsp3) is 0.474. The molecule has 26 heavy (non-hydrogen) atoms. The van der Waals surface area contributed by atoms with Gasteiger partial charge in [0.05, 0.1) is 6.61 Å². The molecule has 0 radical (unpaired) electrons. The van der Waals surface area contributed by atoms with E-state index in [1.807, 2.05) is 38.1 Å². The van der Waals surface area contributed by atoms with Gasteiger partial charge in [0.15, 0.2) is 5.54 Å². The first-order chi connectivity index (χ1) is 12.5. The highest BCUT2D eigenvalue weighted by molar-refractivity contribution is 6.00. The Morgan fingerprint density at radius 3 is 2.81 bits per heavy atom. The summed E-state index contributed by atoms with van der Waals surface area (Å²) in [6.07, 6.45) is 2.63. The maximum absolute atomic E-state index is 12.6. The molecule has 1 aromatic carbocycles. The van der Waals surface area contributed by atoms with E-state index in [1.54, 1.807) is 6.08 Å². The molecule has 1 aliphatic heterocycles. The summed E-state index contributed by atoms with van der Waals surface area (Å²) in [7, 11) is 0. The van der Waals surface area contributed by atoms with Gasteiger partial charge in [-0.1, -0.05) is 6.08 Å². The highest BCUT2D eigenvalue weighted by atomic mass is 16.5. The van der Waals surface area contributed by atoms with Crippen LogP contribution in [0, 0.1) is 0 Å². The third-order valence-electron chi connectivity index (χ3n) is 3.81. The average molecular weight is 361 g/mol. The number of amides is 1. The molecule has 0 aliphatic carbocycles. The summed E-state index contributed by atoms with van der Waals surface area (Å²) in [4.78, 5) is 17.2. The third-order valence-corrected chi connectivity index (χ3v) is 3.81. The Hall–Kier alpha value is -2.38. The fourth-order valence-electron chi connectivity index (χ4n) is 2.42. The number of nitrogens with zero attached hydrogens (tertiary/aromatic N) is 1. The van der Waals surface area contributed by atoms with Gasteiger partial charge >= 0.3 is 0 Å². The maximum Gasteiger partial charge on any atom is 0.266 e.